The number of carbonyl (C=O) groups is 1. The highest BCUT2D eigenvalue weighted by atomic mass is 32.2. The van der Waals surface area contributed by atoms with E-state index in [0.717, 1.165) is 30.8 Å². The van der Waals surface area contributed by atoms with Gasteiger partial charge in [0.2, 0.25) is 15.9 Å². The maximum atomic E-state index is 11.9. The van der Waals surface area contributed by atoms with E-state index in [1.54, 1.807) is 17.5 Å². The van der Waals surface area contributed by atoms with Crippen LogP contribution >= 0.6 is 11.3 Å². The molecule has 1 fully saturated rings. The van der Waals surface area contributed by atoms with Gasteiger partial charge in [-0.3, -0.25) is 9.69 Å². The van der Waals surface area contributed by atoms with Gasteiger partial charge in [0.15, 0.2) is 0 Å². The topological polar surface area (TPSA) is 78.5 Å². The molecule has 1 unspecified atom stereocenters. The number of hydrogen-bond acceptors (Lipinski definition) is 5. The first-order chi connectivity index (χ1) is 10.4. The molecule has 2 rings (SSSR count). The van der Waals surface area contributed by atoms with Gasteiger partial charge in [-0.15, -0.1) is 11.3 Å². The third kappa shape index (κ3) is 4.77. The van der Waals surface area contributed by atoms with Crippen LogP contribution in [0.1, 0.15) is 26.7 Å². The van der Waals surface area contributed by atoms with E-state index in [2.05, 4.69) is 28.8 Å². The van der Waals surface area contributed by atoms with E-state index in [1.807, 2.05) is 0 Å². The zero-order chi connectivity index (χ0) is 16.2. The lowest BCUT2D eigenvalue weighted by atomic mass is 10.2. The first-order valence-corrected chi connectivity index (χ1v) is 9.81. The lowest BCUT2D eigenvalue weighted by Crippen LogP contribution is -2.39. The fourth-order valence-electron chi connectivity index (χ4n) is 2.46. The average Bonchev–Trinajstić information content (AvgIpc) is 3.09. The van der Waals surface area contributed by atoms with E-state index >= 15 is 0 Å². The van der Waals surface area contributed by atoms with Crippen LogP contribution in [-0.4, -0.2) is 50.9 Å². The van der Waals surface area contributed by atoms with Crippen molar-refractivity contribution in [2.75, 3.05) is 19.6 Å². The summed E-state index contributed by atoms with van der Waals surface area (Å²) < 4.78 is 26.5. The van der Waals surface area contributed by atoms with Crippen LogP contribution in [0.5, 0.6) is 0 Å². The number of sulfonamides is 1. The number of nitrogens with one attached hydrogen (secondary N) is 2. The Morgan fingerprint density at radius 2 is 2.27 bits per heavy atom. The van der Waals surface area contributed by atoms with Crippen LogP contribution in [0.2, 0.25) is 0 Å². The van der Waals surface area contributed by atoms with E-state index in [4.69, 9.17) is 0 Å². The smallest absolute Gasteiger partial charge is 0.250 e. The number of thiophene rings is 1. The van der Waals surface area contributed by atoms with E-state index in [1.165, 1.54) is 0 Å². The summed E-state index contributed by atoms with van der Waals surface area (Å²) in [5, 5.41) is 4.68. The van der Waals surface area contributed by atoms with Crippen molar-refractivity contribution in [3.05, 3.63) is 17.5 Å². The molecule has 124 valence electrons. The van der Waals surface area contributed by atoms with Crippen molar-refractivity contribution in [1.29, 1.82) is 0 Å². The van der Waals surface area contributed by atoms with Crippen LogP contribution in [0.15, 0.2) is 21.7 Å². The summed E-state index contributed by atoms with van der Waals surface area (Å²) in [6.07, 6.45) is 1.10. The van der Waals surface area contributed by atoms with Crippen LogP contribution in [0.3, 0.4) is 0 Å². The summed E-state index contributed by atoms with van der Waals surface area (Å²) in [4.78, 5) is 14.2. The maximum Gasteiger partial charge on any atom is 0.250 e. The average molecular weight is 345 g/mol. The van der Waals surface area contributed by atoms with E-state index in [-0.39, 0.29) is 29.1 Å². The summed E-state index contributed by atoms with van der Waals surface area (Å²) in [6, 6.07) is 3.89. The third-order valence-corrected chi connectivity index (χ3v) is 6.58. The zero-order valence-corrected chi connectivity index (χ0v) is 14.5. The van der Waals surface area contributed by atoms with Crippen LogP contribution in [0.4, 0.5) is 0 Å². The fourth-order valence-corrected chi connectivity index (χ4v) is 4.53. The second-order valence-electron chi connectivity index (χ2n) is 5.72. The summed E-state index contributed by atoms with van der Waals surface area (Å²) in [5.74, 6) is -0.107. The molecule has 0 aromatic carbocycles. The molecule has 2 N–H and O–H groups in total. The zero-order valence-electron chi connectivity index (χ0n) is 12.9. The minimum Gasteiger partial charge on any atom is -0.352 e. The van der Waals surface area contributed by atoms with Crippen molar-refractivity contribution in [2.24, 2.45) is 0 Å². The quantitative estimate of drug-likeness (QED) is 0.773. The lowest BCUT2D eigenvalue weighted by Gasteiger charge is -2.20. The van der Waals surface area contributed by atoms with Gasteiger partial charge in [-0.05, 0) is 31.7 Å². The number of carbonyl (C=O) groups excluding carboxylic acids is 1. The van der Waals surface area contributed by atoms with Gasteiger partial charge in [0, 0.05) is 38.1 Å². The normalized spacial score (nSPS) is 19.7. The van der Waals surface area contributed by atoms with Crippen molar-refractivity contribution >= 4 is 27.3 Å². The highest BCUT2D eigenvalue weighted by molar-refractivity contribution is 7.91. The summed E-state index contributed by atoms with van der Waals surface area (Å²) in [7, 11) is -3.48. The summed E-state index contributed by atoms with van der Waals surface area (Å²) in [5.41, 5.74) is 0. The molecule has 6 nitrogen and oxygen atoms in total. The first-order valence-electron chi connectivity index (χ1n) is 7.45. The van der Waals surface area contributed by atoms with Gasteiger partial charge < -0.3 is 5.32 Å². The predicted octanol–water partition coefficient (Wildman–Crippen LogP) is 1.02. The molecule has 1 aromatic heterocycles. The molecule has 1 aromatic rings. The van der Waals surface area contributed by atoms with Gasteiger partial charge in [-0.2, -0.15) is 0 Å². The number of hydrogen-bond donors (Lipinski definition) is 2. The molecule has 2 heterocycles. The molecule has 0 aliphatic carbocycles. The van der Waals surface area contributed by atoms with Gasteiger partial charge in [0.05, 0.1) is 0 Å². The summed E-state index contributed by atoms with van der Waals surface area (Å²) >= 11 is 1.16. The minimum atomic E-state index is -3.48. The molecule has 0 radical (unpaired) electrons. The maximum absolute atomic E-state index is 11.9. The molecule has 1 atom stereocenters. The highest BCUT2D eigenvalue weighted by Crippen LogP contribution is 2.15. The minimum absolute atomic E-state index is 0.107. The summed E-state index contributed by atoms with van der Waals surface area (Å²) in [6.45, 7) is 6.26. The van der Waals surface area contributed by atoms with Gasteiger partial charge in [0.1, 0.15) is 4.21 Å². The van der Waals surface area contributed by atoms with Crippen molar-refractivity contribution in [1.82, 2.24) is 14.9 Å². The predicted molar refractivity (Wildman–Crippen MR) is 87.4 cm³/mol. The SMILES string of the molecule is CC(C)N1CCC(NC(=O)CCNS(=O)(=O)c2cccs2)C1. The number of nitrogens with zero attached hydrogens (tertiary/aromatic N) is 1. The van der Waals surface area contributed by atoms with Crippen LogP contribution in [0, 0.1) is 0 Å². The molecule has 22 heavy (non-hydrogen) atoms. The lowest BCUT2D eigenvalue weighted by molar-refractivity contribution is -0.121. The first kappa shape index (κ1) is 17.4. The molecular formula is C14H23N3O3S2. The molecular weight excluding hydrogens is 322 g/mol. The van der Waals surface area contributed by atoms with E-state index < -0.39 is 10.0 Å². The number of rotatable bonds is 7. The monoisotopic (exact) mass is 345 g/mol. The second-order valence-corrected chi connectivity index (χ2v) is 8.66. The Morgan fingerprint density at radius 1 is 1.50 bits per heavy atom. The standard InChI is InChI=1S/C14H23N3O3S2/c1-11(2)17-8-6-12(10-17)16-13(18)5-7-15-22(19,20)14-4-3-9-21-14/h3-4,9,11-12,15H,5-8,10H2,1-2H3,(H,16,18). The Hall–Kier alpha value is -0.960. The fraction of sp³-hybridized carbons (Fsp3) is 0.643. The van der Waals surface area contributed by atoms with Crippen molar-refractivity contribution in [2.45, 2.75) is 43.0 Å². The Labute approximate surface area is 135 Å². The van der Waals surface area contributed by atoms with Gasteiger partial charge in [-0.25, -0.2) is 13.1 Å². The Balaban J connectivity index is 1.71. The Kier molecular flexibility index (Phi) is 5.96. The van der Waals surface area contributed by atoms with Crippen molar-refractivity contribution in [3.8, 4) is 0 Å². The Bertz CT molecular complexity index is 584. The largest absolute Gasteiger partial charge is 0.352 e. The second kappa shape index (κ2) is 7.54. The highest BCUT2D eigenvalue weighted by Gasteiger charge is 2.25. The van der Waals surface area contributed by atoms with Gasteiger partial charge in [-0.1, -0.05) is 6.07 Å². The molecule has 8 heteroatoms. The van der Waals surface area contributed by atoms with Crippen LogP contribution in [-0.2, 0) is 14.8 Å². The van der Waals surface area contributed by atoms with Crippen LogP contribution < -0.4 is 10.0 Å². The van der Waals surface area contributed by atoms with E-state index in [9.17, 15) is 13.2 Å². The number of likely N-dealkylation sites (tertiary alicyclic amines) is 1. The van der Waals surface area contributed by atoms with Crippen LogP contribution in [0.25, 0.3) is 0 Å². The molecule has 0 saturated carbocycles. The molecule has 1 saturated heterocycles. The van der Waals surface area contributed by atoms with Gasteiger partial charge in [0.25, 0.3) is 0 Å². The van der Waals surface area contributed by atoms with Crippen molar-refractivity contribution < 1.29 is 13.2 Å². The molecule has 0 spiro atoms. The third-order valence-electron chi connectivity index (χ3n) is 3.72. The van der Waals surface area contributed by atoms with Crippen molar-refractivity contribution in [3.63, 3.8) is 0 Å². The van der Waals surface area contributed by atoms with Gasteiger partial charge >= 0.3 is 0 Å². The van der Waals surface area contributed by atoms with E-state index in [0.29, 0.717) is 6.04 Å². The molecule has 1 aliphatic heterocycles. The molecule has 1 amide bonds. The molecule has 1 aliphatic rings. The number of amides is 1. The molecule has 0 bridgehead atoms. The Morgan fingerprint density at radius 3 is 2.86 bits per heavy atom.